The Kier molecular flexibility index (Phi) is 6.58. The number of nitrogens with zero attached hydrogens (tertiary/aromatic N) is 2. The Labute approximate surface area is 173 Å². The van der Waals surface area contributed by atoms with E-state index in [-0.39, 0.29) is 12.6 Å². The SMILES string of the molecule is CCOC(=O)C1=C(CSc2nnc(-c3ccc(C)c(C)c3)o2)NC(=O)N[C@@H]1CC. The number of hydrogen-bond acceptors (Lipinski definition) is 7. The second-order valence-corrected chi connectivity index (χ2v) is 7.56. The summed E-state index contributed by atoms with van der Waals surface area (Å²) in [6, 6.07) is 5.20. The summed E-state index contributed by atoms with van der Waals surface area (Å²) in [4.78, 5) is 24.4. The molecule has 0 saturated heterocycles. The van der Waals surface area contributed by atoms with E-state index in [0.717, 1.165) is 11.1 Å². The van der Waals surface area contributed by atoms with Crippen molar-refractivity contribution in [1.29, 1.82) is 0 Å². The third-order valence-electron chi connectivity index (χ3n) is 4.65. The lowest BCUT2D eigenvalue weighted by atomic mass is 10.0. The number of urea groups is 1. The lowest BCUT2D eigenvalue weighted by Crippen LogP contribution is -2.50. The highest BCUT2D eigenvalue weighted by molar-refractivity contribution is 7.99. The molecule has 8 nitrogen and oxygen atoms in total. The molecule has 0 spiro atoms. The molecule has 29 heavy (non-hydrogen) atoms. The van der Waals surface area contributed by atoms with E-state index in [0.29, 0.717) is 34.6 Å². The molecular formula is C20H24N4O4S. The van der Waals surface area contributed by atoms with Gasteiger partial charge in [0, 0.05) is 17.0 Å². The maximum atomic E-state index is 12.4. The molecule has 1 aromatic carbocycles. The first-order chi connectivity index (χ1) is 13.9. The molecule has 1 aliphatic heterocycles. The quantitative estimate of drug-likeness (QED) is 0.526. The Morgan fingerprint density at radius 1 is 1.24 bits per heavy atom. The van der Waals surface area contributed by atoms with E-state index in [4.69, 9.17) is 9.15 Å². The Bertz CT molecular complexity index is 954. The van der Waals surface area contributed by atoms with Crippen molar-refractivity contribution in [1.82, 2.24) is 20.8 Å². The van der Waals surface area contributed by atoms with Crippen LogP contribution in [0.2, 0.25) is 0 Å². The van der Waals surface area contributed by atoms with E-state index in [2.05, 4.69) is 20.8 Å². The number of nitrogens with one attached hydrogen (secondary N) is 2. The monoisotopic (exact) mass is 416 g/mol. The van der Waals surface area contributed by atoms with Crippen LogP contribution in [0, 0.1) is 13.8 Å². The van der Waals surface area contributed by atoms with E-state index in [1.54, 1.807) is 6.92 Å². The van der Waals surface area contributed by atoms with Gasteiger partial charge in [-0.25, -0.2) is 9.59 Å². The molecular weight excluding hydrogens is 392 g/mol. The van der Waals surface area contributed by atoms with Gasteiger partial charge in [-0.1, -0.05) is 24.8 Å². The third-order valence-corrected chi connectivity index (χ3v) is 5.49. The van der Waals surface area contributed by atoms with Crippen molar-refractivity contribution in [3.8, 4) is 11.5 Å². The standard InChI is InChI=1S/C20H24N4O4S/c1-5-14-16(18(25)27-6-2)15(22-19(26)21-14)10-29-20-24-23-17(28-20)13-8-7-11(3)12(4)9-13/h7-9,14H,5-6,10H2,1-4H3,(H2,21,22,26)/t14-/m1/s1. The van der Waals surface area contributed by atoms with Gasteiger partial charge in [0.2, 0.25) is 5.89 Å². The Balaban J connectivity index is 1.79. The van der Waals surface area contributed by atoms with Crippen molar-refractivity contribution >= 4 is 23.8 Å². The topological polar surface area (TPSA) is 106 Å². The zero-order chi connectivity index (χ0) is 21.0. The molecule has 0 fully saturated rings. The van der Waals surface area contributed by atoms with Crippen molar-refractivity contribution in [2.75, 3.05) is 12.4 Å². The molecule has 154 valence electrons. The predicted octanol–water partition coefficient (Wildman–Crippen LogP) is 3.35. The third kappa shape index (κ3) is 4.79. The van der Waals surface area contributed by atoms with Crippen LogP contribution in [0.5, 0.6) is 0 Å². The molecule has 9 heteroatoms. The zero-order valence-electron chi connectivity index (χ0n) is 16.9. The number of aromatic nitrogens is 2. The number of aryl methyl sites for hydroxylation is 2. The Morgan fingerprint density at radius 2 is 2.03 bits per heavy atom. The smallest absolute Gasteiger partial charge is 0.337 e. The highest BCUT2D eigenvalue weighted by Gasteiger charge is 2.31. The molecule has 2 N–H and O–H groups in total. The first-order valence-corrected chi connectivity index (χ1v) is 10.4. The van der Waals surface area contributed by atoms with Crippen molar-refractivity contribution in [2.45, 2.75) is 45.4 Å². The van der Waals surface area contributed by atoms with E-state index in [1.165, 1.54) is 17.3 Å². The average Bonchev–Trinajstić information content (AvgIpc) is 3.17. The molecule has 0 unspecified atom stereocenters. The minimum atomic E-state index is -0.441. The highest BCUT2D eigenvalue weighted by atomic mass is 32.2. The molecule has 0 saturated carbocycles. The number of hydrogen-bond donors (Lipinski definition) is 2. The number of thioether (sulfide) groups is 1. The van der Waals surface area contributed by atoms with Crippen LogP contribution < -0.4 is 10.6 Å². The van der Waals surface area contributed by atoms with Crippen LogP contribution in [0.4, 0.5) is 4.79 Å². The van der Waals surface area contributed by atoms with E-state index in [1.807, 2.05) is 39.0 Å². The predicted molar refractivity (Wildman–Crippen MR) is 109 cm³/mol. The summed E-state index contributed by atoms with van der Waals surface area (Å²) in [5.74, 6) is 0.284. The van der Waals surface area contributed by atoms with Gasteiger partial charge >= 0.3 is 12.0 Å². The van der Waals surface area contributed by atoms with Crippen LogP contribution >= 0.6 is 11.8 Å². The summed E-state index contributed by atoms with van der Waals surface area (Å²) >= 11 is 1.26. The fourth-order valence-corrected chi connectivity index (χ4v) is 3.70. The number of carbonyl (C=O) groups is 2. The van der Waals surface area contributed by atoms with Crippen LogP contribution in [0.15, 0.2) is 39.1 Å². The van der Waals surface area contributed by atoms with Crippen LogP contribution in [0.1, 0.15) is 31.4 Å². The molecule has 3 rings (SSSR count). The van der Waals surface area contributed by atoms with Gasteiger partial charge in [-0.3, -0.25) is 0 Å². The van der Waals surface area contributed by atoms with Gasteiger partial charge in [0.1, 0.15) is 0 Å². The summed E-state index contributed by atoms with van der Waals surface area (Å²) < 4.78 is 10.9. The molecule has 2 aromatic rings. The zero-order valence-corrected chi connectivity index (χ0v) is 17.7. The summed E-state index contributed by atoms with van der Waals surface area (Å²) in [5, 5.41) is 14.0. The average molecular weight is 417 g/mol. The largest absolute Gasteiger partial charge is 0.463 e. The Morgan fingerprint density at radius 3 is 2.72 bits per heavy atom. The van der Waals surface area contributed by atoms with Crippen LogP contribution in [0.25, 0.3) is 11.5 Å². The van der Waals surface area contributed by atoms with Gasteiger partial charge in [-0.05, 0) is 50.5 Å². The maximum absolute atomic E-state index is 12.4. The molecule has 0 aliphatic carbocycles. The summed E-state index contributed by atoms with van der Waals surface area (Å²) in [5.41, 5.74) is 4.10. The fraction of sp³-hybridized carbons (Fsp3) is 0.400. The Hall–Kier alpha value is -2.81. The van der Waals surface area contributed by atoms with Crippen LogP contribution in [-0.2, 0) is 9.53 Å². The van der Waals surface area contributed by atoms with Gasteiger partial charge in [-0.2, -0.15) is 0 Å². The van der Waals surface area contributed by atoms with E-state index >= 15 is 0 Å². The lowest BCUT2D eigenvalue weighted by Gasteiger charge is -2.28. The second-order valence-electron chi connectivity index (χ2n) is 6.63. The van der Waals surface area contributed by atoms with Gasteiger partial charge in [0.05, 0.1) is 18.2 Å². The van der Waals surface area contributed by atoms with Gasteiger partial charge < -0.3 is 19.8 Å². The normalized spacial score (nSPS) is 16.4. The van der Waals surface area contributed by atoms with E-state index < -0.39 is 12.0 Å². The molecule has 0 radical (unpaired) electrons. The molecule has 2 amide bonds. The molecule has 0 bridgehead atoms. The first-order valence-electron chi connectivity index (χ1n) is 9.44. The van der Waals surface area contributed by atoms with Crippen LogP contribution in [-0.4, -0.2) is 40.6 Å². The molecule has 2 heterocycles. The summed E-state index contributed by atoms with van der Waals surface area (Å²) in [6.45, 7) is 7.97. The minimum absolute atomic E-state index is 0.260. The fourth-order valence-electron chi connectivity index (χ4n) is 2.97. The van der Waals surface area contributed by atoms with Crippen LogP contribution in [0.3, 0.4) is 0 Å². The highest BCUT2D eigenvalue weighted by Crippen LogP contribution is 2.27. The number of benzene rings is 1. The summed E-state index contributed by atoms with van der Waals surface area (Å²) in [6.07, 6.45) is 0.577. The number of rotatable bonds is 7. The van der Waals surface area contributed by atoms with Gasteiger partial charge in [0.25, 0.3) is 5.22 Å². The lowest BCUT2D eigenvalue weighted by molar-refractivity contribution is -0.139. The van der Waals surface area contributed by atoms with Gasteiger partial charge in [-0.15, -0.1) is 10.2 Å². The van der Waals surface area contributed by atoms with Crippen molar-refractivity contribution in [3.05, 3.63) is 40.6 Å². The molecule has 1 atom stereocenters. The number of ether oxygens (including phenoxy) is 1. The minimum Gasteiger partial charge on any atom is -0.463 e. The maximum Gasteiger partial charge on any atom is 0.337 e. The van der Waals surface area contributed by atoms with Crippen molar-refractivity contribution < 1.29 is 18.7 Å². The second kappa shape index (κ2) is 9.13. The van der Waals surface area contributed by atoms with Gasteiger partial charge in [0.15, 0.2) is 0 Å². The van der Waals surface area contributed by atoms with E-state index in [9.17, 15) is 9.59 Å². The van der Waals surface area contributed by atoms with Crippen molar-refractivity contribution in [3.63, 3.8) is 0 Å². The molecule has 1 aliphatic rings. The van der Waals surface area contributed by atoms with Crippen molar-refractivity contribution in [2.24, 2.45) is 0 Å². The summed E-state index contributed by atoms with van der Waals surface area (Å²) in [7, 11) is 0. The number of esters is 1. The number of amides is 2. The molecule has 1 aromatic heterocycles. The first kappa shape index (κ1) is 20.9. The number of carbonyl (C=O) groups excluding carboxylic acids is 2.